The molecule has 10 heteroatoms. The van der Waals surface area contributed by atoms with Gasteiger partial charge in [0.1, 0.15) is 11.3 Å². The molecule has 180 valence electrons. The first-order valence-corrected chi connectivity index (χ1v) is 11.5. The number of hydrogen-bond donors (Lipinski definition) is 3. The molecule has 5 rings (SSSR count). The van der Waals surface area contributed by atoms with Gasteiger partial charge in [-0.3, -0.25) is 4.79 Å². The molecule has 0 radical (unpaired) electrons. The number of imidazole rings is 1. The van der Waals surface area contributed by atoms with Gasteiger partial charge in [0.05, 0.1) is 6.20 Å². The van der Waals surface area contributed by atoms with Crippen molar-refractivity contribution in [2.24, 2.45) is 11.7 Å². The molecule has 1 aliphatic rings. The van der Waals surface area contributed by atoms with Gasteiger partial charge in [-0.1, -0.05) is 18.2 Å². The lowest BCUT2D eigenvalue weighted by Gasteiger charge is -2.24. The highest BCUT2D eigenvalue weighted by molar-refractivity contribution is 5.93. The quantitative estimate of drug-likeness (QED) is 0.376. The molecule has 4 N–H and O–H groups in total. The van der Waals surface area contributed by atoms with Crippen LogP contribution in [-0.4, -0.2) is 38.5 Å². The summed E-state index contributed by atoms with van der Waals surface area (Å²) in [6, 6.07) is 10.8. The second-order valence-corrected chi connectivity index (χ2v) is 8.70. The average Bonchev–Trinajstić information content (AvgIpc) is 3.23. The van der Waals surface area contributed by atoms with Gasteiger partial charge in [0.25, 0.3) is 0 Å². The number of carbonyl (C=O) groups is 1. The number of halogens is 2. The van der Waals surface area contributed by atoms with E-state index in [0.717, 1.165) is 56.0 Å². The number of fused-ring (bicyclic) bond motifs is 1. The molecule has 8 nitrogen and oxygen atoms in total. The van der Waals surface area contributed by atoms with E-state index in [1.54, 1.807) is 18.3 Å². The lowest BCUT2D eigenvalue weighted by Crippen LogP contribution is -2.32. The number of nitrogens with zero attached hydrogens (tertiary/aromatic N) is 4. The van der Waals surface area contributed by atoms with Gasteiger partial charge in [0.15, 0.2) is 17.3 Å². The van der Waals surface area contributed by atoms with Gasteiger partial charge in [-0.25, -0.2) is 18.7 Å². The summed E-state index contributed by atoms with van der Waals surface area (Å²) < 4.78 is 28.8. The van der Waals surface area contributed by atoms with Gasteiger partial charge < -0.3 is 20.9 Å². The second kappa shape index (κ2) is 9.75. The molecule has 0 spiro atoms. The summed E-state index contributed by atoms with van der Waals surface area (Å²) in [6.07, 6.45) is 3.85. The summed E-state index contributed by atoms with van der Waals surface area (Å²) in [7, 11) is 0. The average molecular weight is 478 g/mol. The molecule has 0 unspecified atom stereocenters. The van der Waals surface area contributed by atoms with Gasteiger partial charge in [-0.15, -0.1) is 0 Å². The maximum absolute atomic E-state index is 13.5. The van der Waals surface area contributed by atoms with Crippen LogP contribution in [0.25, 0.3) is 22.6 Å². The fourth-order valence-electron chi connectivity index (χ4n) is 4.35. The molecule has 1 fully saturated rings. The Hall–Kier alpha value is -3.92. The van der Waals surface area contributed by atoms with E-state index in [4.69, 9.17) is 15.7 Å². The Morgan fingerprint density at radius 1 is 1.14 bits per heavy atom. The van der Waals surface area contributed by atoms with Crippen molar-refractivity contribution in [3.8, 4) is 11.4 Å². The SMILES string of the molecule is NC(=O)c1ccc(-c2nc3cnc(NCc4ccc(F)c(F)c4)nc3n2C[C@@H]2CCCNC2)cc1. The largest absolute Gasteiger partial charge is 0.366 e. The Kier molecular flexibility index (Phi) is 6.37. The Labute approximate surface area is 200 Å². The third-order valence-corrected chi connectivity index (χ3v) is 6.19. The molecule has 0 saturated carbocycles. The number of nitrogens with one attached hydrogen (secondary N) is 2. The number of amides is 1. The summed E-state index contributed by atoms with van der Waals surface area (Å²) in [6.45, 7) is 2.88. The molecule has 1 atom stereocenters. The third kappa shape index (κ3) is 4.97. The van der Waals surface area contributed by atoms with E-state index in [9.17, 15) is 13.6 Å². The molecule has 2 aromatic heterocycles. The van der Waals surface area contributed by atoms with Gasteiger partial charge in [-0.05, 0) is 61.7 Å². The molecule has 1 amide bonds. The Morgan fingerprint density at radius 2 is 1.97 bits per heavy atom. The van der Waals surface area contributed by atoms with Crippen LogP contribution in [0.2, 0.25) is 0 Å². The molecule has 4 aromatic rings. The van der Waals surface area contributed by atoms with E-state index in [0.29, 0.717) is 34.2 Å². The number of anilines is 1. The minimum Gasteiger partial charge on any atom is -0.366 e. The molecular weight excluding hydrogens is 452 g/mol. The van der Waals surface area contributed by atoms with Crippen molar-refractivity contribution < 1.29 is 13.6 Å². The van der Waals surface area contributed by atoms with E-state index in [2.05, 4.69) is 20.2 Å². The van der Waals surface area contributed by atoms with Crippen LogP contribution in [0.5, 0.6) is 0 Å². The smallest absolute Gasteiger partial charge is 0.248 e. The molecule has 0 bridgehead atoms. The first-order chi connectivity index (χ1) is 17.0. The minimum absolute atomic E-state index is 0.241. The van der Waals surface area contributed by atoms with Crippen LogP contribution in [0.1, 0.15) is 28.8 Å². The van der Waals surface area contributed by atoms with Gasteiger partial charge in [0.2, 0.25) is 11.9 Å². The van der Waals surface area contributed by atoms with Gasteiger partial charge in [-0.2, -0.15) is 4.98 Å². The van der Waals surface area contributed by atoms with E-state index < -0.39 is 17.5 Å². The monoisotopic (exact) mass is 477 g/mol. The van der Waals surface area contributed by atoms with Crippen molar-refractivity contribution >= 4 is 23.0 Å². The fraction of sp³-hybridized carbons (Fsp3) is 0.280. The van der Waals surface area contributed by atoms with E-state index in [1.807, 2.05) is 12.1 Å². The Balaban J connectivity index is 1.48. The zero-order chi connectivity index (χ0) is 24.4. The van der Waals surface area contributed by atoms with E-state index in [-0.39, 0.29) is 6.54 Å². The first-order valence-electron chi connectivity index (χ1n) is 11.5. The number of nitrogens with two attached hydrogens (primary N) is 1. The second-order valence-electron chi connectivity index (χ2n) is 8.70. The van der Waals surface area contributed by atoms with Crippen LogP contribution in [-0.2, 0) is 13.1 Å². The lowest BCUT2D eigenvalue weighted by atomic mass is 9.99. The summed E-state index contributed by atoms with van der Waals surface area (Å²) in [5.74, 6) is -0.760. The van der Waals surface area contributed by atoms with Crippen molar-refractivity contribution in [2.45, 2.75) is 25.9 Å². The predicted molar refractivity (Wildman–Crippen MR) is 129 cm³/mol. The molecule has 0 aliphatic carbocycles. The molecule has 1 aliphatic heterocycles. The summed E-state index contributed by atoms with van der Waals surface area (Å²) in [5.41, 5.74) is 8.54. The third-order valence-electron chi connectivity index (χ3n) is 6.19. The number of aromatic nitrogens is 4. The van der Waals surface area contributed by atoms with E-state index >= 15 is 0 Å². The number of piperidine rings is 1. The number of primary amides is 1. The zero-order valence-corrected chi connectivity index (χ0v) is 19.0. The number of hydrogen-bond acceptors (Lipinski definition) is 6. The van der Waals surface area contributed by atoms with Crippen molar-refractivity contribution in [1.82, 2.24) is 24.8 Å². The normalized spacial score (nSPS) is 15.9. The summed E-state index contributed by atoms with van der Waals surface area (Å²) in [5, 5.41) is 6.53. The van der Waals surface area contributed by atoms with Gasteiger partial charge in [0, 0.05) is 24.2 Å². The van der Waals surface area contributed by atoms with Crippen LogP contribution in [0, 0.1) is 17.6 Å². The lowest BCUT2D eigenvalue weighted by molar-refractivity contribution is 0.100. The summed E-state index contributed by atoms with van der Waals surface area (Å²) in [4.78, 5) is 25.3. The maximum atomic E-state index is 13.5. The van der Waals surface area contributed by atoms with Crippen LogP contribution in [0.15, 0.2) is 48.7 Å². The van der Waals surface area contributed by atoms with Crippen molar-refractivity contribution in [3.63, 3.8) is 0 Å². The Bertz CT molecular complexity index is 1360. The highest BCUT2D eigenvalue weighted by atomic mass is 19.2. The fourth-order valence-corrected chi connectivity index (χ4v) is 4.35. The minimum atomic E-state index is -0.896. The first kappa shape index (κ1) is 22.9. The predicted octanol–water partition coefficient (Wildman–Crippen LogP) is 3.48. The standard InChI is InChI=1S/C25H25F2N7O/c26-19-8-3-15(10-20(19)27)12-30-25-31-13-21-24(33-25)34(14-16-2-1-9-29-11-16)23(32-21)18-6-4-17(5-7-18)22(28)35/h3-8,10,13,16,29H,1-2,9,11-12,14H2,(H2,28,35)(H,30,31,33)/t16-/m1/s1. The van der Waals surface area contributed by atoms with Gasteiger partial charge >= 0.3 is 0 Å². The molecular formula is C25H25F2N7O. The van der Waals surface area contributed by atoms with Crippen molar-refractivity contribution in [2.75, 3.05) is 18.4 Å². The van der Waals surface area contributed by atoms with Crippen LogP contribution < -0.4 is 16.4 Å². The highest BCUT2D eigenvalue weighted by Gasteiger charge is 2.20. The van der Waals surface area contributed by atoms with Crippen LogP contribution >= 0.6 is 0 Å². The number of benzene rings is 2. The molecule has 3 heterocycles. The topological polar surface area (TPSA) is 111 Å². The maximum Gasteiger partial charge on any atom is 0.248 e. The Morgan fingerprint density at radius 3 is 2.69 bits per heavy atom. The number of rotatable bonds is 7. The number of carbonyl (C=O) groups excluding carboxylic acids is 1. The zero-order valence-electron chi connectivity index (χ0n) is 19.0. The molecule has 1 saturated heterocycles. The van der Waals surface area contributed by atoms with Crippen LogP contribution in [0.3, 0.4) is 0 Å². The van der Waals surface area contributed by atoms with Crippen molar-refractivity contribution in [3.05, 3.63) is 71.4 Å². The summed E-state index contributed by atoms with van der Waals surface area (Å²) >= 11 is 0. The molecule has 2 aromatic carbocycles. The van der Waals surface area contributed by atoms with E-state index in [1.165, 1.54) is 6.07 Å². The molecule has 35 heavy (non-hydrogen) atoms. The van der Waals surface area contributed by atoms with Crippen LogP contribution in [0.4, 0.5) is 14.7 Å². The van der Waals surface area contributed by atoms with Crippen molar-refractivity contribution in [1.29, 1.82) is 0 Å². The highest BCUT2D eigenvalue weighted by Crippen LogP contribution is 2.27.